The maximum absolute atomic E-state index is 13.4. The summed E-state index contributed by atoms with van der Waals surface area (Å²) >= 11 is 6.13. The summed E-state index contributed by atoms with van der Waals surface area (Å²) in [6, 6.07) is 15.2. The molecule has 1 N–H and O–H groups in total. The van der Waals surface area contributed by atoms with E-state index in [1.54, 1.807) is 0 Å². The van der Waals surface area contributed by atoms with Crippen LogP contribution in [-0.2, 0) is 11.2 Å². The number of fused-ring (bicyclic) bond motifs is 3. The Hall–Kier alpha value is -3.91. The molecule has 15 heteroatoms. The van der Waals surface area contributed by atoms with Crippen molar-refractivity contribution in [2.75, 3.05) is 12.3 Å². The second kappa shape index (κ2) is 10.9. The van der Waals surface area contributed by atoms with Crippen LogP contribution in [-0.4, -0.2) is 28.1 Å². The molecule has 0 spiro atoms. The normalized spacial score (nSPS) is 16.8. The van der Waals surface area contributed by atoms with Crippen molar-refractivity contribution < 1.29 is 4.79 Å². The Morgan fingerprint density at radius 2 is 1.45 bits per heavy atom. The van der Waals surface area contributed by atoms with Gasteiger partial charge in [0.05, 0.1) is 34.7 Å². The van der Waals surface area contributed by atoms with E-state index in [1.807, 2.05) is 47.4 Å². The molecule has 13 nitrogen and oxygen atoms in total. The van der Waals surface area contributed by atoms with Gasteiger partial charge in [-0.3, -0.25) is 4.79 Å². The van der Waals surface area contributed by atoms with E-state index >= 15 is 0 Å². The van der Waals surface area contributed by atoms with E-state index in [4.69, 9.17) is 11.6 Å². The number of hydrogen-bond donors (Lipinski definition) is 1. The number of unbranched alkanes of at least 4 members (excludes halogenated alkanes) is 4. The Morgan fingerprint density at radius 3 is 2.10 bits per heavy atom. The number of hydrogen-bond acceptors (Lipinski definition) is 11. The van der Waals surface area contributed by atoms with Crippen LogP contribution in [0.4, 0.5) is 0 Å². The van der Waals surface area contributed by atoms with Gasteiger partial charge in [-0.15, -0.1) is 24.5 Å². The fourth-order valence-electron chi connectivity index (χ4n) is 5.20. The van der Waals surface area contributed by atoms with Gasteiger partial charge in [-0.25, -0.2) is 0 Å². The minimum atomic E-state index is -6.62. The summed E-state index contributed by atoms with van der Waals surface area (Å²) in [5.41, 5.74) is 4.15. The molecule has 0 bridgehead atoms. The van der Waals surface area contributed by atoms with Crippen LogP contribution in [0.5, 0.6) is 0 Å². The SMILES string of the molecule is O=NS(CCCCCCCC(=O)N1CCc2c([nH]c3ccccc23)C1c1ccc(Cl)cc1)(N=O)(N=O)(N=O)N=O. The summed E-state index contributed by atoms with van der Waals surface area (Å²) in [5, 5.41) is 1.75. The highest BCUT2D eigenvalue weighted by Gasteiger charge is 2.71. The van der Waals surface area contributed by atoms with Crippen LogP contribution < -0.4 is 0 Å². The standard InChI is InChI=1S/C25H28ClN7O6S/c26-19-13-11-18(12-14-19)25-24-21(20-8-5-6-9-22(20)27-24)15-16-33(25)23(34)10-4-2-1-3-7-17-40(28-35,29-36,30-37,31-38)32-39/h5-6,8-9,11-14,25,27H,1-4,7,10,15-17H2. The molecule has 0 aliphatic carbocycles. The van der Waals surface area contributed by atoms with E-state index in [9.17, 15) is 29.3 Å². The number of nitrogens with zero attached hydrogens (tertiary/aromatic N) is 6. The lowest BCUT2D eigenvalue weighted by Gasteiger charge is -2.45. The van der Waals surface area contributed by atoms with Crippen molar-refractivity contribution >= 4 is 37.6 Å². The van der Waals surface area contributed by atoms with Crippen molar-refractivity contribution in [1.29, 1.82) is 0 Å². The van der Waals surface area contributed by atoms with Crippen LogP contribution in [0.2, 0.25) is 5.02 Å². The Morgan fingerprint density at radius 1 is 0.850 bits per heavy atom. The van der Waals surface area contributed by atoms with E-state index in [2.05, 4.69) is 34.0 Å². The molecule has 0 saturated heterocycles. The van der Waals surface area contributed by atoms with Gasteiger partial charge >= 0.3 is 0 Å². The summed E-state index contributed by atoms with van der Waals surface area (Å²) in [6.07, 6.45) is 2.85. The number of para-hydroxylation sites is 1. The molecule has 1 amide bonds. The second-order valence-corrected chi connectivity index (χ2v) is 14.4. The monoisotopic (exact) mass is 589 g/mol. The van der Waals surface area contributed by atoms with E-state index in [1.165, 1.54) is 5.56 Å². The average molecular weight is 590 g/mol. The van der Waals surface area contributed by atoms with Gasteiger partial charge in [0, 0.05) is 34.6 Å². The smallest absolute Gasteiger partial charge is 0.243 e. The summed E-state index contributed by atoms with van der Waals surface area (Å²) in [6.45, 7) is 0.557. The van der Waals surface area contributed by atoms with Gasteiger partial charge in [-0.1, -0.05) is 61.2 Å². The molecule has 0 saturated carbocycles. The highest BCUT2D eigenvalue weighted by atomic mass is 35.5. The second-order valence-electron chi connectivity index (χ2n) is 9.91. The number of carbonyl (C=O) groups excluding carboxylic acids is 1. The van der Waals surface area contributed by atoms with Gasteiger partial charge in [-0.2, -0.15) is 0 Å². The predicted molar refractivity (Wildman–Crippen MR) is 156 cm³/mol. The van der Waals surface area contributed by atoms with E-state index in [-0.39, 0.29) is 24.8 Å². The molecule has 3 aromatic rings. The molecule has 1 atom stereocenters. The molecule has 40 heavy (non-hydrogen) atoms. The van der Waals surface area contributed by atoms with E-state index < -0.39 is 15.0 Å². The molecular formula is C25H28ClN7O6S. The number of carbonyl (C=O) groups is 1. The lowest BCUT2D eigenvalue weighted by molar-refractivity contribution is -0.133. The summed E-state index contributed by atoms with van der Waals surface area (Å²) in [5.74, 6) is -0.963. The zero-order valence-electron chi connectivity index (χ0n) is 21.5. The third-order valence-corrected chi connectivity index (χ3v) is 10.8. The maximum atomic E-state index is 13.4. The first-order valence-electron chi connectivity index (χ1n) is 12.7. The van der Waals surface area contributed by atoms with E-state index in [0.717, 1.165) is 28.6 Å². The zero-order chi connectivity index (χ0) is 28.9. The average Bonchev–Trinajstić information content (AvgIpc) is 3.39. The molecule has 0 radical (unpaired) electrons. The first-order valence-corrected chi connectivity index (χ1v) is 15.5. The van der Waals surface area contributed by atoms with Crippen LogP contribution in [0.1, 0.15) is 61.4 Å². The Labute approximate surface area is 233 Å². The number of aromatic amines is 1. The molecule has 2 aromatic carbocycles. The molecule has 2 heterocycles. The maximum Gasteiger partial charge on any atom is 0.243 e. The quantitative estimate of drug-likeness (QED) is 0.147. The Kier molecular flexibility index (Phi) is 7.94. The van der Waals surface area contributed by atoms with E-state index in [0.29, 0.717) is 37.3 Å². The van der Waals surface area contributed by atoms with Gasteiger partial charge in [0.2, 0.25) is 15.1 Å². The number of aromatic nitrogens is 1. The van der Waals surface area contributed by atoms with Crippen molar-refractivity contribution in [3.63, 3.8) is 0 Å². The third-order valence-electron chi connectivity index (χ3n) is 7.46. The van der Waals surface area contributed by atoms with Crippen molar-refractivity contribution in [2.24, 2.45) is 22.9 Å². The number of nitrogens with one attached hydrogen (secondary N) is 1. The first-order chi connectivity index (χ1) is 19.2. The number of rotatable bonds is 14. The third kappa shape index (κ3) is 4.81. The molecule has 1 unspecified atom stereocenters. The Bertz CT molecular complexity index is 1420. The minimum absolute atomic E-state index is 0.0109. The van der Waals surface area contributed by atoms with Crippen LogP contribution in [0, 0.1) is 24.5 Å². The molecule has 1 aliphatic heterocycles. The highest BCUT2D eigenvalue weighted by molar-refractivity contribution is 8.59. The fraction of sp³-hybridized carbons (Fsp3) is 0.400. The number of amides is 1. The van der Waals surface area contributed by atoms with Gasteiger partial charge < -0.3 is 9.88 Å². The highest BCUT2D eigenvalue weighted by Crippen LogP contribution is 2.95. The minimum Gasteiger partial charge on any atom is -0.356 e. The number of H-pyrrole nitrogens is 1. The molecule has 1 aromatic heterocycles. The molecular weight excluding hydrogens is 562 g/mol. The summed E-state index contributed by atoms with van der Waals surface area (Å²) < 4.78 is 10.6. The van der Waals surface area contributed by atoms with Crippen molar-refractivity contribution in [1.82, 2.24) is 9.88 Å². The lowest BCUT2D eigenvalue weighted by atomic mass is 9.92. The molecule has 1 aliphatic rings. The van der Waals surface area contributed by atoms with Crippen molar-refractivity contribution in [2.45, 2.75) is 51.0 Å². The van der Waals surface area contributed by atoms with Crippen LogP contribution in [0.25, 0.3) is 10.9 Å². The summed E-state index contributed by atoms with van der Waals surface area (Å²) in [4.78, 5) is 75.0. The number of halogens is 1. The zero-order valence-corrected chi connectivity index (χ0v) is 23.1. The number of benzene rings is 2. The fourth-order valence-corrected chi connectivity index (χ4v) is 6.82. The predicted octanol–water partition coefficient (Wildman–Crippen LogP) is 7.92. The van der Waals surface area contributed by atoms with Crippen LogP contribution >= 0.6 is 20.8 Å². The molecule has 212 valence electrons. The Balaban J connectivity index is 1.39. The van der Waals surface area contributed by atoms with Gasteiger partial charge in [0.25, 0.3) is 0 Å². The first kappa shape index (κ1) is 29.1. The van der Waals surface area contributed by atoms with Crippen LogP contribution in [0.3, 0.4) is 0 Å². The summed E-state index contributed by atoms with van der Waals surface area (Å²) in [7, 11) is -6.62. The number of nitroso groups, excluding NO2 is 5. The van der Waals surface area contributed by atoms with Gasteiger partial charge in [0.1, 0.15) is 0 Å². The van der Waals surface area contributed by atoms with Gasteiger partial charge in [-0.05, 0) is 48.6 Å². The van der Waals surface area contributed by atoms with Crippen molar-refractivity contribution in [3.05, 3.63) is 94.9 Å². The van der Waals surface area contributed by atoms with Crippen molar-refractivity contribution in [3.8, 4) is 0 Å². The lowest BCUT2D eigenvalue weighted by Crippen LogP contribution is -2.40. The van der Waals surface area contributed by atoms with Gasteiger partial charge in [0.15, 0.2) is 0 Å². The topological polar surface area (TPSA) is 183 Å². The van der Waals surface area contributed by atoms with Crippen LogP contribution in [0.15, 0.2) is 71.4 Å². The molecule has 0 fully saturated rings. The molecule has 4 rings (SSSR count). The largest absolute Gasteiger partial charge is 0.356 e.